The van der Waals surface area contributed by atoms with Crippen molar-refractivity contribution >= 4 is 23.0 Å². The lowest BCUT2D eigenvalue weighted by molar-refractivity contribution is 0.102. The molecule has 3 aromatic rings. The molecule has 3 rings (SSSR count). The van der Waals surface area contributed by atoms with Crippen molar-refractivity contribution in [2.75, 3.05) is 10.6 Å². The van der Waals surface area contributed by atoms with Crippen molar-refractivity contribution in [1.29, 1.82) is 0 Å². The highest BCUT2D eigenvalue weighted by Gasteiger charge is 2.10. The normalized spacial score (nSPS) is 10.5. The molecule has 0 aliphatic heterocycles. The SMILES string of the molecule is Cc1ccc(C)c(Nc2cncc(C(=O)Nc3cccc(C)c3C)c2)c1. The fraction of sp³-hybridized carbons (Fsp3) is 0.182. The highest BCUT2D eigenvalue weighted by molar-refractivity contribution is 6.05. The molecule has 26 heavy (non-hydrogen) atoms. The second kappa shape index (κ2) is 7.40. The fourth-order valence-electron chi connectivity index (χ4n) is 2.74. The molecule has 0 bridgehead atoms. The number of aryl methyl sites for hydroxylation is 3. The minimum absolute atomic E-state index is 0.171. The van der Waals surface area contributed by atoms with E-state index in [1.54, 1.807) is 12.4 Å². The standard InChI is InChI=1S/C22H23N3O/c1-14-8-9-16(3)21(10-14)24-19-11-18(12-23-13-19)22(26)25-20-7-5-6-15(2)17(20)4/h5-13,24H,1-4H3,(H,25,26). The molecule has 0 aliphatic carbocycles. The number of carbonyl (C=O) groups excluding carboxylic acids is 1. The zero-order valence-electron chi connectivity index (χ0n) is 15.6. The highest BCUT2D eigenvalue weighted by Crippen LogP contribution is 2.23. The lowest BCUT2D eigenvalue weighted by Gasteiger charge is -2.12. The summed E-state index contributed by atoms with van der Waals surface area (Å²) in [4.78, 5) is 16.8. The molecule has 2 aromatic carbocycles. The number of rotatable bonds is 4. The predicted molar refractivity (Wildman–Crippen MR) is 107 cm³/mol. The van der Waals surface area contributed by atoms with E-state index in [2.05, 4.69) is 40.7 Å². The van der Waals surface area contributed by atoms with Gasteiger partial charge in [0.05, 0.1) is 17.4 Å². The largest absolute Gasteiger partial charge is 0.354 e. The summed E-state index contributed by atoms with van der Waals surface area (Å²) in [6, 6.07) is 13.9. The molecule has 0 saturated heterocycles. The molecular formula is C22H23N3O. The van der Waals surface area contributed by atoms with Crippen molar-refractivity contribution in [3.8, 4) is 0 Å². The summed E-state index contributed by atoms with van der Waals surface area (Å²) >= 11 is 0. The van der Waals surface area contributed by atoms with Gasteiger partial charge < -0.3 is 10.6 Å². The number of carbonyl (C=O) groups is 1. The quantitative estimate of drug-likeness (QED) is 0.673. The average molecular weight is 345 g/mol. The van der Waals surface area contributed by atoms with E-state index < -0.39 is 0 Å². The first kappa shape index (κ1) is 17.7. The zero-order valence-corrected chi connectivity index (χ0v) is 15.6. The van der Waals surface area contributed by atoms with Gasteiger partial charge in [0, 0.05) is 17.6 Å². The van der Waals surface area contributed by atoms with Crippen molar-refractivity contribution < 1.29 is 4.79 Å². The van der Waals surface area contributed by atoms with Gasteiger partial charge in [-0.1, -0.05) is 24.3 Å². The van der Waals surface area contributed by atoms with Crippen LogP contribution in [0.25, 0.3) is 0 Å². The summed E-state index contributed by atoms with van der Waals surface area (Å²) in [6.07, 6.45) is 3.30. The molecule has 1 amide bonds. The number of aromatic nitrogens is 1. The van der Waals surface area contributed by atoms with E-state index in [1.807, 2.05) is 45.0 Å². The second-order valence-corrected chi connectivity index (χ2v) is 6.61. The molecule has 1 aromatic heterocycles. The van der Waals surface area contributed by atoms with E-state index in [-0.39, 0.29) is 5.91 Å². The van der Waals surface area contributed by atoms with Crippen LogP contribution in [0.5, 0.6) is 0 Å². The van der Waals surface area contributed by atoms with Gasteiger partial charge in [0.2, 0.25) is 0 Å². The van der Waals surface area contributed by atoms with Crippen LogP contribution < -0.4 is 10.6 Å². The smallest absolute Gasteiger partial charge is 0.257 e. The Hall–Kier alpha value is -3.14. The Balaban J connectivity index is 1.81. The fourth-order valence-corrected chi connectivity index (χ4v) is 2.74. The van der Waals surface area contributed by atoms with Crippen molar-refractivity contribution in [2.45, 2.75) is 27.7 Å². The predicted octanol–water partition coefficient (Wildman–Crippen LogP) is 5.31. The zero-order chi connectivity index (χ0) is 18.7. The summed E-state index contributed by atoms with van der Waals surface area (Å²) < 4.78 is 0. The molecule has 0 fully saturated rings. The summed E-state index contributed by atoms with van der Waals surface area (Å²) in [5.74, 6) is -0.171. The van der Waals surface area contributed by atoms with Gasteiger partial charge in [-0.05, 0) is 68.1 Å². The Kier molecular flexibility index (Phi) is 5.03. The van der Waals surface area contributed by atoms with Crippen LogP contribution in [-0.2, 0) is 0 Å². The van der Waals surface area contributed by atoms with Gasteiger partial charge in [0.25, 0.3) is 5.91 Å². The number of hydrogen-bond donors (Lipinski definition) is 2. The number of hydrogen-bond acceptors (Lipinski definition) is 3. The second-order valence-electron chi connectivity index (χ2n) is 6.61. The Bertz CT molecular complexity index is 963. The summed E-state index contributed by atoms with van der Waals surface area (Å²) in [6.45, 7) is 8.13. The third kappa shape index (κ3) is 3.91. The molecule has 1 heterocycles. The maximum atomic E-state index is 12.6. The lowest BCUT2D eigenvalue weighted by Crippen LogP contribution is -2.13. The Morgan fingerprint density at radius 2 is 1.69 bits per heavy atom. The van der Waals surface area contributed by atoms with E-state index in [0.29, 0.717) is 5.56 Å². The molecule has 4 nitrogen and oxygen atoms in total. The third-order valence-electron chi connectivity index (χ3n) is 4.53. The minimum atomic E-state index is -0.171. The Labute approximate surface area is 154 Å². The first-order valence-electron chi connectivity index (χ1n) is 8.61. The van der Waals surface area contributed by atoms with Crippen molar-refractivity contribution in [3.63, 3.8) is 0 Å². The van der Waals surface area contributed by atoms with E-state index in [0.717, 1.165) is 33.8 Å². The molecule has 0 radical (unpaired) electrons. The van der Waals surface area contributed by atoms with Gasteiger partial charge in [-0.2, -0.15) is 0 Å². The number of anilines is 3. The van der Waals surface area contributed by atoms with Crippen LogP contribution >= 0.6 is 0 Å². The molecule has 0 unspecified atom stereocenters. The molecule has 2 N–H and O–H groups in total. The number of amides is 1. The van der Waals surface area contributed by atoms with Crippen LogP contribution in [-0.4, -0.2) is 10.9 Å². The minimum Gasteiger partial charge on any atom is -0.354 e. The monoisotopic (exact) mass is 345 g/mol. The third-order valence-corrected chi connectivity index (χ3v) is 4.53. The number of benzene rings is 2. The molecule has 0 atom stereocenters. The van der Waals surface area contributed by atoms with Crippen molar-refractivity contribution in [1.82, 2.24) is 4.98 Å². The van der Waals surface area contributed by atoms with Gasteiger partial charge in [-0.25, -0.2) is 0 Å². The number of nitrogens with zero attached hydrogens (tertiary/aromatic N) is 1. The Morgan fingerprint density at radius 3 is 2.50 bits per heavy atom. The summed E-state index contributed by atoms with van der Waals surface area (Å²) in [5.41, 5.74) is 7.66. The Morgan fingerprint density at radius 1 is 0.885 bits per heavy atom. The molecule has 0 aliphatic rings. The molecule has 0 spiro atoms. The van der Waals surface area contributed by atoms with Crippen LogP contribution in [0.3, 0.4) is 0 Å². The molecule has 132 valence electrons. The van der Waals surface area contributed by atoms with Gasteiger partial charge in [-0.15, -0.1) is 0 Å². The van der Waals surface area contributed by atoms with Crippen molar-refractivity contribution in [3.05, 3.63) is 82.7 Å². The van der Waals surface area contributed by atoms with Gasteiger partial charge >= 0.3 is 0 Å². The van der Waals surface area contributed by atoms with Gasteiger partial charge in [0.15, 0.2) is 0 Å². The number of nitrogens with one attached hydrogen (secondary N) is 2. The van der Waals surface area contributed by atoms with E-state index in [1.165, 1.54) is 5.56 Å². The maximum absolute atomic E-state index is 12.6. The highest BCUT2D eigenvalue weighted by atomic mass is 16.1. The molecule has 4 heteroatoms. The van der Waals surface area contributed by atoms with Crippen LogP contribution in [0.4, 0.5) is 17.1 Å². The van der Waals surface area contributed by atoms with Crippen LogP contribution in [0.15, 0.2) is 54.9 Å². The van der Waals surface area contributed by atoms with E-state index in [4.69, 9.17) is 0 Å². The average Bonchev–Trinajstić information content (AvgIpc) is 2.62. The first-order valence-corrected chi connectivity index (χ1v) is 8.61. The van der Waals surface area contributed by atoms with Gasteiger partial charge in [-0.3, -0.25) is 9.78 Å². The summed E-state index contributed by atoms with van der Waals surface area (Å²) in [7, 11) is 0. The molecular weight excluding hydrogens is 322 g/mol. The molecule has 0 saturated carbocycles. The lowest BCUT2D eigenvalue weighted by atomic mass is 10.1. The van der Waals surface area contributed by atoms with E-state index >= 15 is 0 Å². The summed E-state index contributed by atoms with van der Waals surface area (Å²) in [5, 5.41) is 6.32. The van der Waals surface area contributed by atoms with Crippen LogP contribution in [0.2, 0.25) is 0 Å². The topological polar surface area (TPSA) is 54.0 Å². The van der Waals surface area contributed by atoms with E-state index in [9.17, 15) is 4.79 Å². The van der Waals surface area contributed by atoms with Crippen molar-refractivity contribution in [2.24, 2.45) is 0 Å². The van der Waals surface area contributed by atoms with Crippen LogP contribution in [0, 0.1) is 27.7 Å². The number of pyridine rings is 1. The first-order chi connectivity index (χ1) is 12.4. The maximum Gasteiger partial charge on any atom is 0.257 e. The van der Waals surface area contributed by atoms with Crippen LogP contribution in [0.1, 0.15) is 32.6 Å². The van der Waals surface area contributed by atoms with Gasteiger partial charge in [0.1, 0.15) is 0 Å².